The zero-order valence-corrected chi connectivity index (χ0v) is 10.4. The van der Waals surface area contributed by atoms with Crippen LogP contribution in [0, 0.1) is 0 Å². The minimum atomic E-state index is -0.922. The largest absolute Gasteiger partial charge is 0.480 e. The second-order valence-corrected chi connectivity index (χ2v) is 4.46. The Labute approximate surface area is 102 Å². The first kappa shape index (κ1) is 14.0. The van der Waals surface area contributed by atoms with Crippen molar-refractivity contribution < 1.29 is 14.7 Å². The molecule has 98 valence electrons. The zero-order chi connectivity index (χ0) is 12.7. The van der Waals surface area contributed by atoms with Crippen LogP contribution in [0.1, 0.15) is 39.0 Å². The van der Waals surface area contributed by atoms with E-state index in [0.717, 1.165) is 32.2 Å². The van der Waals surface area contributed by atoms with Crippen molar-refractivity contribution in [1.82, 2.24) is 10.2 Å². The molecule has 1 rings (SSSR count). The van der Waals surface area contributed by atoms with Crippen LogP contribution in [0.5, 0.6) is 0 Å². The highest BCUT2D eigenvalue weighted by Crippen LogP contribution is 2.23. The third kappa shape index (κ3) is 4.73. The third-order valence-electron chi connectivity index (χ3n) is 3.16. The quantitative estimate of drug-likeness (QED) is 0.649. The van der Waals surface area contributed by atoms with E-state index in [2.05, 4.69) is 5.32 Å². The summed E-state index contributed by atoms with van der Waals surface area (Å²) in [6.45, 7) is 3.28. The molecule has 1 saturated carbocycles. The second-order valence-electron chi connectivity index (χ2n) is 4.46. The van der Waals surface area contributed by atoms with Crippen molar-refractivity contribution in [1.29, 1.82) is 0 Å². The molecule has 17 heavy (non-hydrogen) atoms. The molecule has 1 fully saturated rings. The number of carbonyl (C=O) groups excluding carboxylic acids is 1. The molecule has 0 aromatic carbocycles. The summed E-state index contributed by atoms with van der Waals surface area (Å²) in [5.41, 5.74) is 0. The number of hydrogen-bond acceptors (Lipinski definition) is 3. The van der Waals surface area contributed by atoms with E-state index in [0.29, 0.717) is 13.0 Å². The standard InChI is InChI=1S/C12H22N2O3/c1-2-13-8-7-11(15)14(9-12(16)17)10-5-3-4-6-10/h10,13H,2-9H2,1H3,(H,16,17). The van der Waals surface area contributed by atoms with E-state index < -0.39 is 5.97 Å². The van der Waals surface area contributed by atoms with Crippen molar-refractivity contribution in [3.8, 4) is 0 Å². The Morgan fingerprint density at radius 1 is 1.35 bits per heavy atom. The fourth-order valence-corrected chi connectivity index (χ4v) is 2.30. The first-order valence-corrected chi connectivity index (χ1v) is 6.37. The molecule has 1 aliphatic carbocycles. The van der Waals surface area contributed by atoms with Crippen LogP contribution < -0.4 is 5.32 Å². The van der Waals surface area contributed by atoms with Crippen LogP contribution in [0.25, 0.3) is 0 Å². The van der Waals surface area contributed by atoms with Gasteiger partial charge in [0.15, 0.2) is 0 Å². The monoisotopic (exact) mass is 242 g/mol. The van der Waals surface area contributed by atoms with Crippen molar-refractivity contribution >= 4 is 11.9 Å². The molecule has 0 unspecified atom stereocenters. The van der Waals surface area contributed by atoms with E-state index in [1.54, 1.807) is 4.90 Å². The fourth-order valence-electron chi connectivity index (χ4n) is 2.30. The summed E-state index contributed by atoms with van der Waals surface area (Å²) >= 11 is 0. The van der Waals surface area contributed by atoms with Gasteiger partial charge in [0.05, 0.1) is 0 Å². The normalized spacial score (nSPS) is 16.1. The van der Waals surface area contributed by atoms with Gasteiger partial charge in [0.1, 0.15) is 6.54 Å². The number of rotatable bonds is 7. The van der Waals surface area contributed by atoms with Crippen molar-refractivity contribution in [2.24, 2.45) is 0 Å². The maximum absolute atomic E-state index is 12.0. The molecule has 2 N–H and O–H groups in total. The Morgan fingerprint density at radius 3 is 2.53 bits per heavy atom. The van der Waals surface area contributed by atoms with Crippen LogP contribution in [0.3, 0.4) is 0 Å². The molecule has 0 saturated heterocycles. The van der Waals surface area contributed by atoms with Gasteiger partial charge in [0, 0.05) is 19.0 Å². The van der Waals surface area contributed by atoms with Gasteiger partial charge in [-0.1, -0.05) is 19.8 Å². The third-order valence-corrected chi connectivity index (χ3v) is 3.16. The highest BCUT2D eigenvalue weighted by molar-refractivity contribution is 5.81. The van der Waals surface area contributed by atoms with Crippen LogP contribution in [-0.2, 0) is 9.59 Å². The first-order valence-electron chi connectivity index (χ1n) is 6.37. The van der Waals surface area contributed by atoms with Crippen LogP contribution in [0.15, 0.2) is 0 Å². The minimum Gasteiger partial charge on any atom is -0.480 e. The maximum atomic E-state index is 12.0. The SMILES string of the molecule is CCNCCC(=O)N(CC(=O)O)C1CCCC1. The molecule has 0 aromatic rings. The number of nitrogens with zero attached hydrogens (tertiary/aromatic N) is 1. The molecule has 0 heterocycles. The van der Waals surface area contributed by atoms with Crippen molar-refractivity contribution in [2.75, 3.05) is 19.6 Å². The van der Waals surface area contributed by atoms with Gasteiger partial charge in [-0.2, -0.15) is 0 Å². The van der Waals surface area contributed by atoms with Crippen LogP contribution in [0.2, 0.25) is 0 Å². The number of carboxylic acid groups (broad SMARTS) is 1. The van der Waals surface area contributed by atoms with Crippen molar-refractivity contribution in [3.05, 3.63) is 0 Å². The first-order chi connectivity index (χ1) is 8.15. The fraction of sp³-hybridized carbons (Fsp3) is 0.833. The number of aliphatic carboxylic acids is 1. The van der Waals surface area contributed by atoms with Crippen LogP contribution in [0.4, 0.5) is 0 Å². The van der Waals surface area contributed by atoms with E-state index >= 15 is 0 Å². The van der Waals surface area contributed by atoms with E-state index in [9.17, 15) is 9.59 Å². The Bertz CT molecular complexity index is 262. The molecule has 0 aliphatic heterocycles. The summed E-state index contributed by atoms with van der Waals surface area (Å²) in [5.74, 6) is -0.964. The summed E-state index contributed by atoms with van der Waals surface area (Å²) in [4.78, 5) is 24.3. The molecule has 0 bridgehead atoms. The topological polar surface area (TPSA) is 69.6 Å². The summed E-state index contributed by atoms with van der Waals surface area (Å²) in [5, 5.41) is 11.9. The van der Waals surface area contributed by atoms with Gasteiger partial charge in [0.2, 0.25) is 5.91 Å². The van der Waals surface area contributed by atoms with Gasteiger partial charge in [0.25, 0.3) is 0 Å². The molecule has 5 nitrogen and oxygen atoms in total. The second kappa shape index (κ2) is 7.27. The Morgan fingerprint density at radius 2 is 2.00 bits per heavy atom. The van der Waals surface area contributed by atoms with E-state index in [-0.39, 0.29) is 18.5 Å². The highest BCUT2D eigenvalue weighted by Gasteiger charge is 2.27. The smallest absolute Gasteiger partial charge is 0.323 e. The summed E-state index contributed by atoms with van der Waals surface area (Å²) in [7, 11) is 0. The lowest BCUT2D eigenvalue weighted by molar-refractivity contribution is -0.146. The lowest BCUT2D eigenvalue weighted by Crippen LogP contribution is -2.43. The molecular formula is C12H22N2O3. The molecule has 0 aromatic heterocycles. The Kier molecular flexibility index (Phi) is 5.97. The predicted octanol–water partition coefficient (Wildman–Crippen LogP) is 0.842. The van der Waals surface area contributed by atoms with Gasteiger partial charge in [-0.25, -0.2) is 0 Å². The van der Waals surface area contributed by atoms with Crippen LogP contribution >= 0.6 is 0 Å². The number of hydrogen-bond donors (Lipinski definition) is 2. The molecular weight excluding hydrogens is 220 g/mol. The van der Waals surface area contributed by atoms with Gasteiger partial charge >= 0.3 is 5.97 Å². The number of amides is 1. The highest BCUT2D eigenvalue weighted by atomic mass is 16.4. The molecule has 0 atom stereocenters. The van der Waals surface area contributed by atoms with Gasteiger partial charge < -0.3 is 15.3 Å². The Balaban J connectivity index is 2.48. The lowest BCUT2D eigenvalue weighted by Gasteiger charge is -2.27. The Hall–Kier alpha value is -1.10. The number of carboxylic acids is 1. The molecule has 1 amide bonds. The average molecular weight is 242 g/mol. The van der Waals surface area contributed by atoms with E-state index in [4.69, 9.17) is 5.11 Å². The van der Waals surface area contributed by atoms with Crippen LogP contribution in [-0.4, -0.2) is 47.6 Å². The van der Waals surface area contributed by atoms with E-state index in [1.807, 2.05) is 6.92 Å². The molecule has 0 radical (unpaired) electrons. The van der Waals surface area contributed by atoms with Gasteiger partial charge in [-0.15, -0.1) is 0 Å². The van der Waals surface area contributed by atoms with Crippen molar-refractivity contribution in [2.45, 2.75) is 45.1 Å². The summed E-state index contributed by atoms with van der Waals surface area (Å²) in [6, 6.07) is 0.139. The molecule has 0 spiro atoms. The maximum Gasteiger partial charge on any atom is 0.323 e. The number of nitrogens with one attached hydrogen (secondary N) is 1. The zero-order valence-electron chi connectivity index (χ0n) is 10.4. The minimum absolute atomic E-state index is 0.0414. The van der Waals surface area contributed by atoms with Gasteiger partial charge in [-0.3, -0.25) is 9.59 Å². The average Bonchev–Trinajstić information content (AvgIpc) is 2.79. The lowest BCUT2D eigenvalue weighted by atomic mass is 10.2. The van der Waals surface area contributed by atoms with Crippen molar-refractivity contribution in [3.63, 3.8) is 0 Å². The summed E-state index contributed by atoms with van der Waals surface area (Å²) in [6.07, 6.45) is 4.47. The number of carbonyl (C=O) groups is 2. The summed E-state index contributed by atoms with van der Waals surface area (Å²) < 4.78 is 0. The molecule has 5 heteroatoms. The predicted molar refractivity (Wildman–Crippen MR) is 64.8 cm³/mol. The van der Waals surface area contributed by atoms with E-state index in [1.165, 1.54) is 0 Å². The molecule has 1 aliphatic rings. The van der Waals surface area contributed by atoms with Gasteiger partial charge in [-0.05, 0) is 19.4 Å².